The van der Waals surface area contributed by atoms with Crippen LogP contribution in [0.3, 0.4) is 0 Å². The number of hydrogen-bond acceptors (Lipinski definition) is 4. The molecule has 0 bridgehead atoms. The first-order chi connectivity index (χ1) is 12.0. The Balaban J connectivity index is 1.64. The number of benzene rings is 1. The molecule has 0 spiro atoms. The zero-order valence-corrected chi connectivity index (χ0v) is 14.8. The average molecular weight is 354 g/mol. The van der Waals surface area contributed by atoms with Crippen molar-refractivity contribution in [3.8, 4) is 0 Å². The van der Waals surface area contributed by atoms with Crippen molar-refractivity contribution in [2.45, 2.75) is 13.5 Å². The molecule has 1 aromatic carbocycles. The van der Waals surface area contributed by atoms with E-state index in [0.29, 0.717) is 17.8 Å². The van der Waals surface area contributed by atoms with Crippen molar-refractivity contribution < 1.29 is 14.0 Å². The third-order valence-corrected chi connectivity index (χ3v) is 4.84. The molecule has 5 nitrogen and oxygen atoms in total. The van der Waals surface area contributed by atoms with E-state index >= 15 is 0 Å². The van der Waals surface area contributed by atoms with Gasteiger partial charge < -0.3 is 14.6 Å². The summed E-state index contributed by atoms with van der Waals surface area (Å²) in [6.45, 7) is 2.62. The van der Waals surface area contributed by atoms with E-state index in [1.807, 2.05) is 12.3 Å². The van der Waals surface area contributed by atoms with Crippen LogP contribution < -0.4 is 5.32 Å². The van der Waals surface area contributed by atoms with Gasteiger partial charge in [-0.05, 0) is 60.3 Å². The number of carbonyl (C=O) groups excluding carboxylic acids is 2. The van der Waals surface area contributed by atoms with Gasteiger partial charge in [-0.25, -0.2) is 0 Å². The van der Waals surface area contributed by atoms with Crippen LogP contribution in [0.5, 0.6) is 0 Å². The number of thiophene rings is 1. The molecule has 25 heavy (non-hydrogen) atoms. The van der Waals surface area contributed by atoms with Gasteiger partial charge in [0.1, 0.15) is 0 Å². The summed E-state index contributed by atoms with van der Waals surface area (Å²) in [6, 6.07) is 12.1. The quantitative estimate of drug-likeness (QED) is 0.748. The largest absolute Gasteiger partial charge is 0.459 e. The topological polar surface area (TPSA) is 62.6 Å². The summed E-state index contributed by atoms with van der Waals surface area (Å²) in [6.07, 6.45) is 1.45. The van der Waals surface area contributed by atoms with Crippen molar-refractivity contribution >= 4 is 28.8 Å². The Kier molecular flexibility index (Phi) is 5.00. The van der Waals surface area contributed by atoms with Crippen LogP contribution in [0.25, 0.3) is 0 Å². The lowest BCUT2D eigenvalue weighted by Crippen LogP contribution is -2.26. The van der Waals surface area contributed by atoms with Crippen LogP contribution in [0.4, 0.5) is 5.69 Å². The van der Waals surface area contributed by atoms with Gasteiger partial charge in [0.05, 0.1) is 12.8 Å². The molecule has 3 aromatic rings. The summed E-state index contributed by atoms with van der Waals surface area (Å²) in [7, 11) is 1.79. The molecule has 0 aliphatic rings. The minimum absolute atomic E-state index is 0.0586. The van der Waals surface area contributed by atoms with Crippen LogP contribution in [-0.2, 0) is 6.54 Å². The second-order valence-corrected chi connectivity index (χ2v) is 6.70. The van der Waals surface area contributed by atoms with Gasteiger partial charge in [0.25, 0.3) is 11.8 Å². The molecule has 0 aliphatic heterocycles. The van der Waals surface area contributed by atoms with Gasteiger partial charge in [-0.1, -0.05) is 0 Å². The molecular weight excluding hydrogens is 336 g/mol. The van der Waals surface area contributed by atoms with E-state index in [0.717, 1.165) is 0 Å². The van der Waals surface area contributed by atoms with Gasteiger partial charge in [0, 0.05) is 23.2 Å². The highest BCUT2D eigenvalue weighted by Gasteiger charge is 2.14. The second-order valence-electron chi connectivity index (χ2n) is 5.70. The van der Waals surface area contributed by atoms with Crippen molar-refractivity contribution in [2.75, 3.05) is 12.4 Å². The molecule has 1 N–H and O–H groups in total. The first-order valence-corrected chi connectivity index (χ1v) is 8.66. The summed E-state index contributed by atoms with van der Waals surface area (Å²) in [5, 5.41) is 4.75. The number of amides is 2. The third kappa shape index (κ3) is 3.97. The lowest BCUT2D eigenvalue weighted by atomic mass is 10.1. The Morgan fingerprint density at radius 1 is 1.16 bits per heavy atom. The van der Waals surface area contributed by atoms with E-state index in [4.69, 9.17) is 4.42 Å². The summed E-state index contributed by atoms with van der Waals surface area (Å²) < 4.78 is 5.05. The Labute approximate surface area is 149 Å². The molecule has 0 saturated carbocycles. The number of furan rings is 1. The highest BCUT2D eigenvalue weighted by Crippen LogP contribution is 2.19. The van der Waals surface area contributed by atoms with E-state index in [9.17, 15) is 9.59 Å². The first-order valence-electron chi connectivity index (χ1n) is 7.78. The van der Waals surface area contributed by atoms with E-state index in [1.165, 1.54) is 16.7 Å². The fourth-order valence-electron chi connectivity index (χ4n) is 2.37. The zero-order valence-electron chi connectivity index (χ0n) is 14.0. The average Bonchev–Trinajstić information content (AvgIpc) is 3.27. The molecule has 2 aromatic heterocycles. The van der Waals surface area contributed by atoms with E-state index in [2.05, 4.69) is 11.4 Å². The van der Waals surface area contributed by atoms with Gasteiger partial charge >= 0.3 is 0 Å². The number of carbonyl (C=O) groups is 2. The molecule has 3 rings (SSSR count). The number of hydrogen-bond donors (Lipinski definition) is 1. The molecule has 0 saturated heterocycles. The van der Waals surface area contributed by atoms with Crippen LogP contribution in [0.2, 0.25) is 0 Å². The van der Waals surface area contributed by atoms with Crippen molar-refractivity contribution in [3.63, 3.8) is 0 Å². The standard InChI is InChI=1S/C19H18N2O3S/c1-13-9-11-25-17(13)12-21(2)19(23)14-5-7-15(8-6-14)20-18(22)16-4-3-10-24-16/h3-11H,12H2,1-2H3,(H,20,22). The molecule has 0 fully saturated rings. The zero-order chi connectivity index (χ0) is 17.8. The van der Waals surface area contributed by atoms with Crippen LogP contribution in [-0.4, -0.2) is 23.8 Å². The van der Waals surface area contributed by atoms with Crippen molar-refractivity contribution in [3.05, 3.63) is 75.9 Å². The number of nitrogens with zero attached hydrogens (tertiary/aromatic N) is 1. The number of anilines is 1. The molecule has 0 atom stereocenters. The molecule has 2 amide bonds. The van der Waals surface area contributed by atoms with E-state index in [1.54, 1.807) is 59.7 Å². The molecule has 0 unspecified atom stereocenters. The van der Waals surface area contributed by atoms with Crippen molar-refractivity contribution in [1.29, 1.82) is 0 Å². The number of aryl methyl sites for hydroxylation is 1. The Hall–Kier alpha value is -2.86. The molecule has 128 valence electrons. The highest BCUT2D eigenvalue weighted by atomic mass is 32.1. The molecule has 2 heterocycles. The predicted octanol–water partition coefficient (Wildman–Crippen LogP) is 4.17. The lowest BCUT2D eigenvalue weighted by molar-refractivity contribution is 0.0786. The van der Waals surface area contributed by atoms with Gasteiger partial charge in [0.2, 0.25) is 0 Å². The fraction of sp³-hybridized carbons (Fsp3) is 0.158. The lowest BCUT2D eigenvalue weighted by Gasteiger charge is -2.17. The summed E-state index contributed by atoms with van der Waals surface area (Å²) >= 11 is 1.65. The Morgan fingerprint density at radius 2 is 1.92 bits per heavy atom. The fourth-order valence-corrected chi connectivity index (χ4v) is 3.33. The molecule has 6 heteroatoms. The second kappa shape index (κ2) is 7.36. The van der Waals surface area contributed by atoms with Gasteiger partial charge in [-0.2, -0.15) is 0 Å². The Bertz CT molecular complexity index is 866. The van der Waals surface area contributed by atoms with Crippen LogP contribution in [0.15, 0.2) is 58.5 Å². The van der Waals surface area contributed by atoms with Crippen LogP contribution >= 0.6 is 11.3 Å². The summed E-state index contributed by atoms with van der Waals surface area (Å²) in [5.74, 6) is -0.141. The maximum Gasteiger partial charge on any atom is 0.291 e. The minimum atomic E-state index is -0.325. The molecule has 0 radical (unpaired) electrons. The summed E-state index contributed by atoms with van der Waals surface area (Å²) in [4.78, 5) is 27.3. The maximum atomic E-state index is 12.5. The predicted molar refractivity (Wildman–Crippen MR) is 98.0 cm³/mol. The van der Waals surface area contributed by atoms with E-state index in [-0.39, 0.29) is 17.6 Å². The minimum Gasteiger partial charge on any atom is -0.459 e. The van der Waals surface area contributed by atoms with Gasteiger partial charge in [-0.3, -0.25) is 9.59 Å². The highest BCUT2D eigenvalue weighted by molar-refractivity contribution is 7.10. The Morgan fingerprint density at radius 3 is 2.52 bits per heavy atom. The van der Waals surface area contributed by atoms with Crippen LogP contribution in [0.1, 0.15) is 31.4 Å². The normalized spacial score (nSPS) is 10.5. The number of rotatable bonds is 5. The molecule has 0 aliphatic carbocycles. The first kappa shape index (κ1) is 17.0. The third-order valence-electron chi connectivity index (χ3n) is 3.83. The van der Waals surface area contributed by atoms with E-state index < -0.39 is 0 Å². The van der Waals surface area contributed by atoms with Crippen molar-refractivity contribution in [2.24, 2.45) is 0 Å². The molecular formula is C19H18N2O3S. The van der Waals surface area contributed by atoms with Gasteiger partial charge in [-0.15, -0.1) is 11.3 Å². The van der Waals surface area contributed by atoms with Gasteiger partial charge in [0.15, 0.2) is 5.76 Å². The monoisotopic (exact) mass is 354 g/mol. The SMILES string of the molecule is Cc1ccsc1CN(C)C(=O)c1ccc(NC(=O)c2ccco2)cc1. The maximum absolute atomic E-state index is 12.5. The smallest absolute Gasteiger partial charge is 0.291 e. The van der Waals surface area contributed by atoms with Crippen molar-refractivity contribution in [1.82, 2.24) is 4.90 Å². The summed E-state index contributed by atoms with van der Waals surface area (Å²) in [5.41, 5.74) is 2.38. The van der Waals surface area contributed by atoms with Crippen LogP contribution in [0, 0.1) is 6.92 Å². The number of nitrogens with one attached hydrogen (secondary N) is 1.